The minimum Gasteiger partial charge on any atom is -0.371 e. The highest BCUT2D eigenvalue weighted by Gasteiger charge is 2.21. The van der Waals surface area contributed by atoms with Crippen molar-refractivity contribution in [2.24, 2.45) is 5.90 Å². The Morgan fingerprint density at radius 3 is 2.65 bits per heavy atom. The number of para-hydroxylation sites is 1. The summed E-state index contributed by atoms with van der Waals surface area (Å²) in [6.45, 7) is 6.49. The van der Waals surface area contributed by atoms with Crippen molar-refractivity contribution in [1.29, 1.82) is 0 Å². The lowest BCUT2D eigenvalue weighted by molar-refractivity contribution is 0.0367. The van der Waals surface area contributed by atoms with Gasteiger partial charge in [-0.05, 0) is 37.3 Å². The van der Waals surface area contributed by atoms with Crippen LogP contribution in [0.5, 0.6) is 0 Å². The molecule has 1 aliphatic rings. The highest BCUT2D eigenvalue weighted by molar-refractivity contribution is 5.59. The molecule has 94 valence electrons. The average Bonchev–Trinajstić information content (AvgIpc) is 2.38. The third-order valence-electron chi connectivity index (χ3n) is 3.65. The molecule has 0 saturated carbocycles. The monoisotopic (exact) mass is 234 g/mol. The number of piperidine rings is 1. The second-order valence-corrected chi connectivity index (χ2v) is 4.76. The normalized spacial score (nSPS) is 17.5. The van der Waals surface area contributed by atoms with E-state index in [4.69, 9.17) is 10.7 Å². The summed E-state index contributed by atoms with van der Waals surface area (Å²) in [6.07, 6.45) is 3.37. The molecule has 3 nitrogen and oxygen atoms in total. The molecule has 2 N–H and O–H groups in total. The lowest BCUT2D eigenvalue weighted by Crippen LogP contribution is -2.38. The first kappa shape index (κ1) is 12.4. The minimum absolute atomic E-state index is 0.236. The van der Waals surface area contributed by atoms with Crippen molar-refractivity contribution in [3.05, 3.63) is 29.3 Å². The Morgan fingerprint density at radius 1 is 1.35 bits per heavy atom. The lowest BCUT2D eigenvalue weighted by Gasteiger charge is -2.34. The standard InChI is InChI=1S/C14H22N2O/c1-3-12-6-4-5-11(2)14(12)16-9-7-13(17-15)8-10-16/h4-6,13H,3,7-10,15H2,1-2H3. The largest absolute Gasteiger partial charge is 0.371 e. The topological polar surface area (TPSA) is 38.5 Å². The van der Waals surface area contributed by atoms with Crippen molar-refractivity contribution in [1.82, 2.24) is 0 Å². The number of benzene rings is 1. The average molecular weight is 234 g/mol. The molecule has 2 rings (SSSR count). The third-order valence-corrected chi connectivity index (χ3v) is 3.65. The van der Waals surface area contributed by atoms with Crippen LogP contribution in [-0.4, -0.2) is 19.2 Å². The van der Waals surface area contributed by atoms with E-state index in [0.29, 0.717) is 0 Å². The van der Waals surface area contributed by atoms with Crippen LogP contribution in [0.1, 0.15) is 30.9 Å². The van der Waals surface area contributed by atoms with Gasteiger partial charge in [-0.2, -0.15) is 0 Å². The number of hydrogen-bond donors (Lipinski definition) is 1. The Labute approximate surface area is 104 Å². The number of rotatable bonds is 3. The van der Waals surface area contributed by atoms with Gasteiger partial charge in [0.1, 0.15) is 0 Å². The number of anilines is 1. The zero-order valence-corrected chi connectivity index (χ0v) is 10.8. The van der Waals surface area contributed by atoms with E-state index in [1.54, 1.807) is 0 Å². The van der Waals surface area contributed by atoms with Crippen molar-refractivity contribution < 1.29 is 4.84 Å². The van der Waals surface area contributed by atoms with Crippen molar-refractivity contribution in [2.75, 3.05) is 18.0 Å². The fourth-order valence-corrected chi connectivity index (χ4v) is 2.67. The first-order valence-corrected chi connectivity index (χ1v) is 6.45. The third kappa shape index (κ3) is 2.61. The molecule has 0 radical (unpaired) electrons. The van der Waals surface area contributed by atoms with Crippen molar-refractivity contribution in [2.45, 2.75) is 39.2 Å². The van der Waals surface area contributed by atoms with Crippen LogP contribution in [-0.2, 0) is 11.3 Å². The summed E-state index contributed by atoms with van der Waals surface area (Å²) in [5.74, 6) is 5.25. The molecule has 1 saturated heterocycles. The number of aryl methyl sites for hydroxylation is 2. The number of nitrogens with two attached hydrogens (primary N) is 1. The van der Waals surface area contributed by atoms with Crippen LogP contribution in [0.2, 0.25) is 0 Å². The maximum atomic E-state index is 5.25. The van der Waals surface area contributed by atoms with Gasteiger partial charge in [0.05, 0.1) is 6.10 Å². The summed E-state index contributed by atoms with van der Waals surface area (Å²) in [6, 6.07) is 6.57. The van der Waals surface area contributed by atoms with Gasteiger partial charge in [-0.3, -0.25) is 0 Å². The fraction of sp³-hybridized carbons (Fsp3) is 0.571. The summed E-state index contributed by atoms with van der Waals surface area (Å²) in [5, 5.41) is 0. The number of nitrogens with zero attached hydrogens (tertiary/aromatic N) is 1. The molecule has 0 spiro atoms. The molecule has 1 heterocycles. The van der Waals surface area contributed by atoms with Crippen molar-refractivity contribution >= 4 is 5.69 Å². The first-order chi connectivity index (χ1) is 8.26. The van der Waals surface area contributed by atoms with Crippen LogP contribution in [0.25, 0.3) is 0 Å². The van der Waals surface area contributed by atoms with Crippen LogP contribution in [0.3, 0.4) is 0 Å². The van der Waals surface area contributed by atoms with Crippen LogP contribution < -0.4 is 10.8 Å². The molecule has 1 aliphatic heterocycles. The zero-order chi connectivity index (χ0) is 12.3. The predicted molar refractivity (Wildman–Crippen MR) is 71.1 cm³/mol. The van der Waals surface area contributed by atoms with E-state index in [1.807, 2.05) is 0 Å². The summed E-state index contributed by atoms with van der Waals surface area (Å²) in [7, 11) is 0. The van der Waals surface area contributed by atoms with E-state index < -0.39 is 0 Å². The second kappa shape index (κ2) is 5.52. The molecule has 17 heavy (non-hydrogen) atoms. The van der Waals surface area contributed by atoms with Crippen LogP contribution in [0, 0.1) is 6.92 Å². The van der Waals surface area contributed by atoms with Crippen LogP contribution in [0.15, 0.2) is 18.2 Å². The molecule has 1 fully saturated rings. The van der Waals surface area contributed by atoms with Crippen LogP contribution in [0.4, 0.5) is 5.69 Å². The molecule has 1 aromatic rings. The highest BCUT2D eigenvalue weighted by atomic mass is 16.6. The SMILES string of the molecule is CCc1cccc(C)c1N1CCC(ON)CC1. The Bertz CT molecular complexity index is 370. The summed E-state index contributed by atoms with van der Waals surface area (Å²) < 4.78 is 0. The zero-order valence-electron chi connectivity index (χ0n) is 10.8. The van der Waals surface area contributed by atoms with Gasteiger partial charge in [0.2, 0.25) is 0 Å². The van der Waals surface area contributed by atoms with Gasteiger partial charge in [-0.15, -0.1) is 0 Å². The summed E-state index contributed by atoms with van der Waals surface area (Å²) >= 11 is 0. The van der Waals surface area contributed by atoms with E-state index in [2.05, 4.69) is 36.9 Å². The van der Waals surface area contributed by atoms with Crippen molar-refractivity contribution in [3.63, 3.8) is 0 Å². The van der Waals surface area contributed by atoms with Crippen molar-refractivity contribution in [3.8, 4) is 0 Å². The maximum Gasteiger partial charge on any atom is 0.0821 e. The van der Waals surface area contributed by atoms with Crippen LogP contribution >= 0.6 is 0 Å². The van der Waals surface area contributed by atoms with Gasteiger partial charge < -0.3 is 9.74 Å². The quantitative estimate of drug-likeness (QED) is 0.816. The Morgan fingerprint density at radius 2 is 2.06 bits per heavy atom. The predicted octanol–water partition coefficient (Wildman–Crippen LogP) is 2.42. The molecular weight excluding hydrogens is 212 g/mol. The molecule has 0 unspecified atom stereocenters. The Kier molecular flexibility index (Phi) is 4.02. The smallest absolute Gasteiger partial charge is 0.0821 e. The molecular formula is C14H22N2O. The number of hydrogen-bond acceptors (Lipinski definition) is 3. The van der Waals surface area contributed by atoms with E-state index >= 15 is 0 Å². The van der Waals surface area contributed by atoms with Gasteiger partial charge in [0.15, 0.2) is 0 Å². The van der Waals surface area contributed by atoms with Gasteiger partial charge in [0, 0.05) is 18.8 Å². The summed E-state index contributed by atoms with van der Waals surface area (Å²) in [5.41, 5.74) is 4.24. The van der Waals surface area contributed by atoms with E-state index in [0.717, 1.165) is 32.4 Å². The highest BCUT2D eigenvalue weighted by Crippen LogP contribution is 2.28. The van der Waals surface area contributed by atoms with E-state index in [1.165, 1.54) is 16.8 Å². The fourth-order valence-electron chi connectivity index (χ4n) is 2.67. The summed E-state index contributed by atoms with van der Waals surface area (Å²) in [4.78, 5) is 7.41. The van der Waals surface area contributed by atoms with Gasteiger partial charge in [-0.25, -0.2) is 5.90 Å². The van der Waals surface area contributed by atoms with E-state index in [-0.39, 0.29) is 6.10 Å². The molecule has 3 heteroatoms. The van der Waals surface area contributed by atoms with Gasteiger partial charge >= 0.3 is 0 Å². The maximum absolute atomic E-state index is 5.25. The Balaban J connectivity index is 2.17. The lowest BCUT2D eigenvalue weighted by atomic mass is 10.0. The molecule has 1 aromatic carbocycles. The molecule has 0 aliphatic carbocycles. The minimum atomic E-state index is 0.236. The molecule has 0 amide bonds. The second-order valence-electron chi connectivity index (χ2n) is 4.76. The first-order valence-electron chi connectivity index (χ1n) is 6.45. The van der Waals surface area contributed by atoms with E-state index in [9.17, 15) is 0 Å². The molecule has 0 aromatic heterocycles. The van der Waals surface area contributed by atoms with Gasteiger partial charge in [0.25, 0.3) is 0 Å². The Hall–Kier alpha value is -1.06. The molecule has 0 atom stereocenters. The van der Waals surface area contributed by atoms with Gasteiger partial charge in [-0.1, -0.05) is 25.1 Å². The molecule has 0 bridgehead atoms.